The first-order valence-corrected chi connectivity index (χ1v) is 6.63. The van der Waals surface area contributed by atoms with Crippen LogP contribution in [0.25, 0.3) is 0 Å². The maximum atomic E-state index is 14.2. The first kappa shape index (κ1) is 14.2. The molecule has 0 aromatic heterocycles. The molecule has 0 aliphatic rings. The highest BCUT2D eigenvalue weighted by Crippen LogP contribution is 2.33. The summed E-state index contributed by atoms with van der Waals surface area (Å²) in [6.45, 7) is 3.52. The van der Waals surface area contributed by atoms with Crippen molar-refractivity contribution in [3.63, 3.8) is 0 Å². The number of rotatable bonds is 2. The van der Waals surface area contributed by atoms with E-state index in [0.717, 1.165) is 5.56 Å². The topological polar surface area (TPSA) is 26.0 Å². The highest BCUT2D eigenvalue weighted by atomic mass is 79.9. The molecule has 1 nitrogen and oxygen atoms in total. The number of aryl methyl sites for hydroxylation is 1. The molecule has 2 aromatic carbocycles. The maximum absolute atomic E-state index is 14.2. The van der Waals surface area contributed by atoms with Crippen molar-refractivity contribution in [1.29, 1.82) is 0 Å². The number of nitrogens with two attached hydrogens (primary N) is 1. The highest BCUT2D eigenvalue weighted by Gasteiger charge is 2.31. The Bertz CT molecular complexity index is 624. The Hall–Kier alpha value is -1.26. The molecule has 100 valence electrons. The van der Waals surface area contributed by atoms with Crippen LogP contribution in [0.1, 0.15) is 23.6 Å². The Labute approximate surface area is 119 Å². The Morgan fingerprint density at radius 1 is 1.16 bits per heavy atom. The van der Waals surface area contributed by atoms with Crippen molar-refractivity contribution in [2.45, 2.75) is 19.4 Å². The minimum atomic E-state index is -1.23. The van der Waals surface area contributed by atoms with E-state index in [9.17, 15) is 8.78 Å². The third-order valence-corrected chi connectivity index (χ3v) is 3.79. The van der Waals surface area contributed by atoms with E-state index in [1.54, 1.807) is 13.0 Å². The maximum Gasteiger partial charge on any atom is 0.145 e. The van der Waals surface area contributed by atoms with Gasteiger partial charge in [-0.15, -0.1) is 0 Å². The number of halogens is 3. The van der Waals surface area contributed by atoms with Crippen molar-refractivity contribution in [2.24, 2.45) is 5.73 Å². The molecular formula is C15H14BrF2N. The van der Waals surface area contributed by atoms with Gasteiger partial charge >= 0.3 is 0 Å². The van der Waals surface area contributed by atoms with E-state index < -0.39 is 17.2 Å². The quantitative estimate of drug-likeness (QED) is 0.820. The Balaban J connectivity index is 2.66. The van der Waals surface area contributed by atoms with Gasteiger partial charge < -0.3 is 5.73 Å². The van der Waals surface area contributed by atoms with Crippen LogP contribution in [0.2, 0.25) is 0 Å². The number of hydrogen-bond donors (Lipinski definition) is 1. The standard InChI is InChI=1S/C15H14BrF2N/c1-9-4-3-5-10(8-9)15(2,19)13-12(17)7-6-11(16)14(13)18/h3-8H,19H2,1-2H3. The summed E-state index contributed by atoms with van der Waals surface area (Å²) in [4.78, 5) is 0. The fourth-order valence-electron chi connectivity index (χ4n) is 2.12. The van der Waals surface area contributed by atoms with E-state index in [1.165, 1.54) is 12.1 Å². The van der Waals surface area contributed by atoms with E-state index in [2.05, 4.69) is 15.9 Å². The van der Waals surface area contributed by atoms with Crippen LogP contribution in [0.3, 0.4) is 0 Å². The van der Waals surface area contributed by atoms with E-state index in [4.69, 9.17) is 5.73 Å². The third-order valence-electron chi connectivity index (χ3n) is 3.18. The van der Waals surface area contributed by atoms with E-state index in [-0.39, 0.29) is 10.0 Å². The molecule has 19 heavy (non-hydrogen) atoms. The Kier molecular flexibility index (Phi) is 3.74. The van der Waals surface area contributed by atoms with Gasteiger partial charge in [-0.25, -0.2) is 8.78 Å². The van der Waals surface area contributed by atoms with Gasteiger partial charge in [0.25, 0.3) is 0 Å². The van der Waals surface area contributed by atoms with Crippen LogP contribution < -0.4 is 5.73 Å². The zero-order chi connectivity index (χ0) is 14.2. The lowest BCUT2D eigenvalue weighted by molar-refractivity contribution is 0.479. The first-order chi connectivity index (χ1) is 8.84. The fourth-order valence-corrected chi connectivity index (χ4v) is 2.45. The smallest absolute Gasteiger partial charge is 0.145 e. The van der Waals surface area contributed by atoms with Crippen LogP contribution >= 0.6 is 15.9 Å². The van der Waals surface area contributed by atoms with Gasteiger partial charge in [0.05, 0.1) is 10.0 Å². The van der Waals surface area contributed by atoms with Crippen LogP contribution in [-0.2, 0) is 5.54 Å². The van der Waals surface area contributed by atoms with Crippen LogP contribution in [0.15, 0.2) is 40.9 Å². The summed E-state index contributed by atoms with van der Waals surface area (Å²) in [5.74, 6) is -1.31. The highest BCUT2D eigenvalue weighted by molar-refractivity contribution is 9.10. The lowest BCUT2D eigenvalue weighted by Crippen LogP contribution is -2.36. The predicted octanol–water partition coefficient (Wildman–Crippen LogP) is 4.26. The molecule has 0 spiro atoms. The molecule has 0 saturated carbocycles. The van der Waals surface area contributed by atoms with Gasteiger partial charge in [0.1, 0.15) is 11.6 Å². The SMILES string of the molecule is Cc1cccc(C(C)(N)c2c(F)ccc(Br)c2F)c1. The average Bonchev–Trinajstić information content (AvgIpc) is 2.34. The largest absolute Gasteiger partial charge is 0.318 e. The van der Waals surface area contributed by atoms with Gasteiger partial charge in [-0.1, -0.05) is 29.8 Å². The first-order valence-electron chi connectivity index (χ1n) is 5.84. The molecule has 0 saturated heterocycles. The molecule has 2 N–H and O–H groups in total. The van der Waals surface area contributed by atoms with Gasteiger partial charge in [0, 0.05) is 5.56 Å². The van der Waals surface area contributed by atoms with Crippen LogP contribution in [0, 0.1) is 18.6 Å². The molecule has 0 aliphatic carbocycles. The zero-order valence-electron chi connectivity index (χ0n) is 10.7. The zero-order valence-corrected chi connectivity index (χ0v) is 12.3. The van der Waals surface area contributed by atoms with Gasteiger partial charge in [-0.2, -0.15) is 0 Å². The second-order valence-electron chi connectivity index (χ2n) is 4.79. The second-order valence-corrected chi connectivity index (χ2v) is 5.64. The monoisotopic (exact) mass is 325 g/mol. The fraction of sp³-hybridized carbons (Fsp3) is 0.200. The van der Waals surface area contributed by atoms with Crippen LogP contribution in [0.5, 0.6) is 0 Å². The molecule has 4 heteroatoms. The van der Waals surface area contributed by atoms with Crippen molar-refractivity contribution < 1.29 is 8.78 Å². The van der Waals surface area contributed by atoms with E-state index >= 15 is 0 Å². The molecule has 0 bridgehead atoms. The molecule has 0 radical (unpaired) electrons. The Morgan fingerprint density at radius 3 is 2.47 bits per heavy atom. The third kappa shape index (κ3) is 2.55. The lowest BCUT2D eigenvalue weighted by Gasteiger charge is -2.27. The molecule has 0 fully saturated rings. The van der Waals surface area contributed by atoms with Crippen LogP contribution in [-0.4, -0.2) is 0 Å². The lowest BCUT2D eigenvalue weighted by atomic mass is 9.84. The van der Waals surface area contributed by atoms with Crippen molar-refractivity contribution in [2.75, 3.05) is 0 Å². The van der Waals surface area contributed by atoms with Gasteiger partial charge in [-0.05, 0) is 47.5 Å². The van der Waals surface area contributed by atoms with E-state index in [0.29, 0.717) is 5.56 Å². The summed E-state index contributed by atoms with van der Waals surface area (Å²) in [6, 6.07) is 9.88. The minimum Gasteiger partial charge on any atom is -0.318 e. The molecule has 0 aliphatic heterocycles. The molecule has 0 heterocycles. The van der Waals surface area contributed by atoms with Crippen LogP contribution in [0.4, 0.5) is 8.78 Å². The number of hydrogen-bond acceptors (Lipinski definition) is 1. The summed E-state index contributed by atoms with van der Waals surface area (Å²) >= 11 is 3.06. The average molecular weight is 326 g/mol. The summed E-state index contributed by atoms with van der Waals surface area (Å²) < 4.78 is 28.4. The molecule has 1 atom stereocenters. The number of benzene rings is 2. The van der Waals surface area contributed by atoms with Crippen molar-refractivity contribution in [1.82, 2.24) is 0 Å². The van der Waals surface area contributed by atoms with E-state index in [1.807, 2.05) is 25.1 Å². The summed E-state index contributed by atoms with van der Waals surface area (Å²) in [6.07, 6.45) is 0. The molecule has 2 rings (SSSR count). The van der Waals surface area contributed by atoms with Gasteiger partial charge in [0.15, 0.2) is 0 Å². The molecular weight excluding hydrogens is 312 g/mol. The normalized spacial score (nSPS) is 14.2. The minimum absolute atomic E-state index is 0.132. The Morgan fingerprint density at radius 2 is 1.84 bits per heavy atom. The second kappa shape index (κ2) is 5.02. The van der Waals surface area contributed by atoms with Crippen molar-refractivity contribution in [3.8, 4) is 0 Å². The molecule has 2 aromatic rings. The molecule has 1 unspecified atom stereocenters. The van der Waals surface area contributed by atoms with Gasteiger partial charge in [-0.3, -0.25) is 0 Å². The molecule has 0 amide bonds. The van der Waals surface area contributed by atoms with Crippen molar-refractivity contribution >= 4 is 15.9 Å². The summed E-state index contributed by atoms with van der Waals surface area (Å²) in [7, 11) is 0. The predicted molar refractivity (Wildman–Crippen MR) is 75.9 cm³/mol. The van der Waals surface area contributed by atoms with Crippen molar-refractivity contribution in [3.05, 3.63) is 69.2 Å². The summed E-state index contributed by atoms with van der Waals surface area (Å²) in [5.41, 5.74) is 6.49. The summed E-state index contributed by atoms with van der Waals surface area (Å²) in [5, 5.41) is 0. The van der Waals surface area contributed by atoms with Gasteiger partial charge in [0.2, 0.25) is 0 Å².